The molecule has 0 bridgehead atoms. The van der Waals surface area contributed by atoms with Crippen LogP contribution in [0.2, 0.25) is 5.02 Å². The van der Waals surface area contributed by atoms with Crippen LogP contribution in [-0.2, 0) is 17.8 Å². The fraction of sp³-hybridized carbons (Fsp3) is 0.471. The summed E-state index contributed by atoms with van der Waals surface area (Å²) in [5, 5.41) is 12.0. The Kier molecular flexibility index (Phi) is 6.16. The van der Waals surface area contributed by atoms with Crippen LogP contribution < -0.4 is 5.32 Å². The fourth-order valence-corrected chi connectivity index (χ4v) is 2.45. The Bertz CT molecular complexity index is 640. The van der Waals surface area contributed by atoms with E-state index in [4.69, 9.17) is 11.6 Å². The molecule has 1 amide bonds. The van der Waals surface area contributed by atoms with Gasteiger partial charge in [0.05, 0.1) is 25.0 Å². The van der Waals surface area contributed by atoms with E-state index in [1.807, 2.05) is 25.1 Å². The number of carbonyl (C=O) groups excluding carboxylic acids is 1. The summed E-state index contributed by atoms with van der Waals surface area (Å²) in [7, 11) is 0. The maximum Gasteiger partial charge on any atom is 0.220 e. The number of amides is 1. The van der Waals surface area contributed by atoms with Crippen LogP contribution in [0.3, 0.4) is 0 Å². The topological polar surface area (TPSA) is 59.8 Å². The molecule has 0 aliphatic carbocycles. The third-order valence-electron chi connectivity index (χ3n) is 3.84. The van der Waals surface area contributed by atoms with Gasteiger partial charge < -0.3 is 5.32 Å². The van der Waals surface area contributed by atoms with E-state index in [0.29, 0.717) is 25.3 Å². The lowest BCUT2D eigenvalue weighted by atomic mass is 10.0. The van der Waals surface area contributed by atoms with Gasteiger partial charge in [-0.05, 0) is 36.5 Å². The second-order valence-corrected chi connectivity index (χ2v) is 6.49. The van der Waals surface area contributed by atoms with Gasteiger partial charge in [-0.2, -0.15) is 15.0 Å². The van der Waals surface area contributed by atoms with E-state index in [9.17, 15) is 4.79 Å². The number of halogens is 1. The monoisotopic (exact) mass is 334 g/mol. The van der Waals surface area contributed by atoms with Crippen molar-refractivity contribution in [3.63, 3.8) is 0 Å². The third-order valence-corrected chi connectivity index (χ3v) is 4.26. The van der Waals surface area contributed by atoms with Crippen LogP contribution in [0.4, 0.5) is 0 Å². The first-order valence-electron chi connectivity index (χ1n) is 7.84. The number of rotatable bonds is 7. The van der Waals surface area contributed by atoms with Crippen LogP contribution in [0.1, 0.15) is 31.4 Å². The summed E-state index contributed by atoms with van der Waals surface area (Å²) in [5.41, 5.74) is 2.16. The molecule has 1 unspecified atom stereocenters. The van der Waals surface area contributed by atoms with E-state index in [2.05, 4.69) is 29.4 Å². The summed E-state index contributed by atoms with van der Waals surface area (Å²) in [6, 6.07) is 5.89. The van der Waals surface area contributed by atoms with Crippen molar-refractivity contribution in [2.24, 2.45) is 5.92 Å². The van der Waals surface area contributed by atoms with Gasteiger partial charge in [0.25, 0.3) is 0 Å². The van der Waals surface area contributed by atoms with Crippen molar-refractivity contribution in [3.8, 4) is 0 Å². The molecule has 0 fully saturated rings. The number of nitrogens with zero attached hydrogens (tertiary/aromatic N) is 3. The Morgan fingerprint density at radius 3 is 2.61 bits per heavy atom. The first-order valence-corrected chi connectivity index (χ1v) is 8.22. The van der Waals surface area contributed by atoms with Crippen molar-refractivity contribution in [2.75, 3.05) is 0 Å². The summed E-state index contributed by atoms with van der Waals surface area (Å²) in [6.07, 6.45) is 4.44. The number of aromatic nitrogens is 3. The van der Waals surface area contributed by atoms with Crippen molar-refractivity contribution in [2.45, 2.75) is 46.2 Å². The largest absolute Gasteiger partial charge is 0.351 e. The maximum atomic E-state index is 12.2. The van der Waals surface area contributed by atoms with Crippen LogP contribution in [0.25, 0.3) is 0 Å². The number of hydrogen-bond donors (Lipinski definition) is 1. The first kappa shape index (κ1) is 17.5. The summed E-state index contributed by atoms with van der Waals surface area (Å²) >= 11 is 6.02. The minimum atomic E-state index is 0.0156. The molecule has 1 heterocycles. The van der Waals surface area contributed by atoms with Gasteiger partial charge in [0.15, 0.2) is 0 Å². The normalized spacial score (nSPS) is 12.4. The molecule has 0 saturated carbocycles. The molecule has 1 aromatic heterocycles. The molecule has 0 aliphatic rings. The zero-order valence-corrected chi connectivity index (χ0v) is 14.5. The molecular formula is C17H23ClN4O. The van der Waals surface area contributed by atoms with E-state index in [-0.39, 0.29) is 11.9 Å². The Morgan fingerprint density at radius 2 is 2.00 bits per heavy atom. The van der Waals surface area contributed by atoms with Gasteiger partial charge in [0.1, 0.15) is 0 Å². The zero-order valence-electron chi connectivity index (χ0n) is 13.8. The average Bonchev–Trinajstić information content (AvgIpc) is 3.01. The van der Waals surface area contributed by atoms with Crippen LogP contribution in [0.15, 0.2) is 30.6 Å². The number of benzene rings is 1. The molecular weight excluding hydrogens is 312 g/mol. The summed E-state index contributed by atoms with van der Waals surface area (Å²) in [6.45, 7) is 6.71. The lowest BCUT2D eigenvalue weighted by molar-refractivity contribution is -0.122. The highest BCUT2D eigenvalue weighted by atomic mass is 35.5. The van der Waals surface area contributed by atoms with Crippen LogP contribution >= 0.6 is 11.6 Å². The molecule has 1 atom stereocenters. The van der Waals surface area contributed by atoms with Crippen LogP contribution in [-0.4, -0.2) is 26.9 Å². The number of carbonyl (C=O) groups is 1. The summed E-state index contributed by atoms with van der Waals surface area (Å²) in [4.78, 5) is 13.8. The molecule has 0 radical (unpaired) electrons. The number of aryl methyl sites for hydroxylation is 2. The Labute approximate surface area is 142 Å². The second-order valence-electron chi connectivity index (χ2n) is 6.09. The molecule has 6 heteroatoms. The van der Waals surface area contributed by atoms with E-state index < -0.39 is 0 Å². The SMILES string of the molecule is Cc1cc(CCC(=O)NC(Cn2nccn2)C(C)C)ccc1Cl. The van der Waals surface area contributed by atoms with Gasteiger partial charge in [-0.1, -0.05) is 37.6 Å². The molecule has 0 aliphatic heterocycles. The average molecular weight is 335 g/mol. The Balaban J connectivity index is 1.87. The number of hydrogen-bond acceptors (Lipinski definition) is 3. The highest BCUT2D eigenvalue weighted by Gasteiger charge is 2.17. The van der Waals surface area contributed by atoms with Crippen molar-refractivity contribution in [3.05, 3.63) is 46.7 Å². The highest BCUT2D eigenvalue weighted by molar-refractivity contribution is 6.31. The van der Waals surface area contributed by atoms with E-state index >= 15 is 0 Å². The van der Waals surface area contributed by atoms with Gasteiger partial charge >= 0.3 is 0 Å². The molecule has 0 saturated heterocycles. The van der Waals surface area contributed by atoms with Crippen molar-refractivity contribution in [1.29, 1.82) is 0 Å². The summed E-state index contributed by atoms with van der Waals surface area (Å²) in [5.74, 6) is 0.353. The molecule has 1 aromatic carbocycles. The van der Waals surface area contributed by atoms with Gasteiger partial charge in [0, 0.05) is 11.4 Å². The predicted molar refractivity (Wildman–Crippen MR) is 91.3 cm³/mol. The lowest BCUT2D eigenvalue weighted by Crippen LogP contribution is -2.42. The first-order chi connectivity index (χ1) is 11.0. The van der Waals surface area contributed by atoms with Gasteiger partial charge in [-0.25, -0.2) is 0 Å². The molecule has 23 heavy (non-hydrogen) atoms. The molecule has 2 aromatic rings. The quantitative estimate of drug-likeness (QED) is 0.846. The Hall–Kier alpha value is -1.88. The van der Waals surface area contributed by atoms with Gasteiger partial charge in [-0.3, -0.25) is 4.79 Å². The number of nitrogens with one attached hydrogen (secondary N) is 1. The minimum absolute atomic E-state index is 0.0156. The van der Waals surface area contributed by atoms with E-state index in [1.54, 1.807) is 17.2 Å². The fourth-order valence-electron chi connectivity index (χ4n) is 2.34. The molecule has 2 rings (SSSR count). The van der Waals surface area contributed by atoms with Crippen LogP contribution in [0, 0.1) is 12.8 Å². The van der Waals surface area contributed by atoms with Crippen molar-refractivity contribution in [1.82, 2.24) is 20.3 Å². The van der Waals surface area contributed by atoms with Crippen molar-refractivity contribution < 1.29 is 4.79 Å². The highest BCUT2D eigenvalue weighted by Crippen LogP contribution is 2.17. The molecule has 0 spiro atoms. The van der Waals surface area contributed by atoms with E-state index in [0.717, 1.165) is 16.1 Å². The van der Waals surface area contributed by atoms with E-state index in [1.165, 1.54) is 0 Å². The summed E-state index contributed by atoms with van der Waals surface area (Å²) < 4.78 is 0. The smallest absolute Gasteiger partial charge is 0.220 e. The Morgan fingerprint density at radius 1 is 1.30 bits per heavy atom. The minimum Gasteiger partial charge on any atom is -0.351 e. The second kappa shape index (κ2) is 8.11. The van der Waals surface area contributed by atoms with Crippen LogP contribution in [0.5, 0.6) is 0 Å². The molecule has 124 valence electrons. The molecule has 1 N–H and O–H groups in total. The molecule has 5 nitrogen and oxygen atoms in total. The van der Waals surface area contributed by atoms with Crippen molar-refractivity contribution >= 4 is 17.5 Å². The predicted octanol–water partition coefficient (Wildman–Crippen LogP) is 3.01. The maximum absolute atomic E-state index is 12.2. The standard InChI is InChI=1S/C17H23ClN4O/c1-12(2)16(11-22-19-8-9-20-22)21-17(23)7-5-14-4-6-15(18)13(3)10-14/h4,6,8-10,12,16H,5,7,11H2,1-3H3,(H,21,23). The third kappa shape index (κ3) is 5.36. The lowest BCUT2D eigenvalue weighted by Gasteiger charge is -2.21. The van der Waals surface area contributed by atoms with Gasteiger partial charge in [0.2, 0.25) is 5.91 Å². The van der Waals surface area contributed by atoms with Gasteiger partial charge in [-0.15, -0.1) is 0 Å². The zero-order chi connectivity index (χ0) is 16.8.